The number of anilines is 1. The van der Waals surface area contributed by atoms with Crippen LogP contribution in [0.25, 0.3) is 0 Å². The molecule has 7 heteroatoms. The summed E-state index contributed by atoms with van der Waals surface area (Å²) in [5, 5.41) is 12.2. The molecule has 128 valence electrons. The van der Waals surface area contributed by atoms with Crippen LogP contribution in [0.4, 0.5) is 5.69 Å². The number of carboxylic acid groups (broad SMARTS) is 1. The van der Waals surface area contributed by atoms with Crippen LogP contribution in [0.1, 0.15) is 6.92 Å². The number of carbonyl (C=O) groups excluding carboxylic acids is 1. The number of rotatable bonds is 5. The fourth-order valence-corrected chi connectivity index (χ4v) is 3.40. The zero-order chi connectivity index (χ0) is 17.5. The molecule has 1 fully saturated rings. The number of fused-ring (bicyclic) bond motifs is 2. The molecule has 3 rings (SSSR count). The van der Waals surface area contributed by atoms with E-state index in [9.17, 15) is 14.7 Å². The summed E-state index contributed by atoms with van der Waals surface area (Å²) in [6.45, 7) is 1.72. The Kier molecular flexibility index (Phi) is 3.96. The van der Waals surface area contributed by atoms with Crippen molar-refractivity contribution >= 4 is 17.6 Å². The van der Waals surface area contributed by atoms with Crippen molar-refractivity contribution < 1.29 is 28.9 Å². The molecule has 0 aliphatic carbocycles. The second-order valence-corrected chi connectivity index (χ2v) is 6.02. The molecule has 2 aliphatic rings. The molecule has 2 bridgehead atoms. The Morgan fingerprint density at radius 1 is 1.29 bits per heavy atom. The van der Waals surface area contributed by atoms with Crippen LogP contribution in [-0.2, 0) is 14.3 Å². The summed E-state index contributed by atoms with van der Waals surface area (Å²) >= 11 is 0. The Labute approximate surface area is 139 Å². The highest BCUT2D eigenvalue weighted by molar-refractivity contribution is 5.98. The minimum absolute atomic E-state index is 0.418. The van der Waals surface area contributed by atoms with Gasteiger partial charge in [0.2, 0.25) is 5.91 Å². The molecule has 0 radical (unpaired) electrons. The molecule has 0 saturated carbocycles. The summed E-state index contributed by atoms with van der Waals surface area (Å²) in [5.74, 6) is -2.22. The highest BCUT2D eigenvalue weighted by atomic mass is 16.5. The number of ether oxygens (including phenoxy) is 3. The van der Waals surface area contributed by atoms with Crippen LogP contribution in [0.15, 0.2) is 30.4 Å². The number of carboxylic acids is 1. The van der Waals surface area contributed by atoms with Gasteiger partial charge in [-0.15, -0.1) is 0 Å². The van der Waals surface area contributed by atoms with Crippen LogP contribution in [0.3, 0.4) is 0 Å². The number of amides is 1. The van der Waals surface area contributed by atoms with Gasteiger partial charge in [0.15, 0.2) is 0 Å². The first kappa shape index (κ1) is 16.3. The second-order valence-electron chi connectivity index (χ2n) is 6.02. The van der Waals surface area contributed by atoms with Gasteiger partial charge < -0.3 is 24.6 Å². The SMILES string of the molecule is COc1ccc(OC)c(NC(=O)[C@@H]2[C@@H](C(=O)O)[C@H]3C=C[C@@]2(C)O3)c1. The summed E-state index contributed by atoms with van der Waals surface area (Å²) in [6.07, 6.45) is 2.87. The van der Waals surface area contributed by atoms with E-state index in [1.807, 2.05) is 0 Å². The summed E-state index contributed by atoms with van der Waals surface area (Å²) < 4.78 is 16.1. The van der Waals surface area contributed by atoms with Crippen LogP contribution in [0.5, 0.6) is 11.5 Å². The van der Waals surface area contributed by atoms with E-state index >= 15 is 0 Å². The van der Waals surface area contributed by atoms with Gasteiger partial charge in [-0.1, -0.05) is 12.2 Å². The van der Waals surface area contributed by atoms with Crippen molar-refractivity contribution in [2.45, 2.75) is 18.6 Å². The van der Waals surface area contributed by atoms with Crippen LogP contribution in [-0.4, -0.2) is 42.9 Å². The molecule has 1 saturated heterocycles. The summed E-state index contributed by atoms with van der Waals surface area (Å²) in [7, 11) is 3.01. The van der Waals surface area contributed by atoms with Crippen molar-refractivity contribution in [1.29, 1.82) is 0 Å². The quantitative estimate of drug-likeness (QED) is 0.796. The second kappa shape index (κ2) is 5.83. The maximum atomic E-state index is 12.8. The average Bonchev–Trinajstić information content (AvgIpc) is 3.07. The monoisotopic (exact) mass is 333 g/mol. The average molecular weight is 333 g/mol. The number of benzene rings is 1. The lowest BCUT2D eigenvalue weighted by atomic mass is 9.75. The normalized spacial score (nSPS) is 30.2. The number of hydrogen-bond acceptors (Lipinski definition) is 5. The number of carbonyl (C=O) groups is 2. The first-order chi connectivity index (χ1) is 11.4. The largest absolute Gasteiger partial charge is 0.497 e. The van der Waals surface area contributed by atoms with E-state index in [4.69, 9.17) is 14.2 Å². The predicted molar refractivity (Wildman–Crippen MR) is 85.2 cm³/mol. The highest BCUT2D eigenvalue weighted by Crippen LogP contribution is 2.47. The van der Waals surface area contributed by atoms with Crippen LogP contribution in [0, 0.1) is 11.8 Å². The van der Waals surface area contributed by atoms with E-state index < -0.39 is 35.4 Å². The minimum atomic E-state index is -1.05. The first-order valence-corrected chi connectivity index (χ1v) is 7.52. The van der Waals surface area contributed by atoms with Gasteiger partial charge in [-0.3, -0.25) is 9.59 Å². The van der Waals surface area contributed by atoms with Gasteiger partial charge in [-0.2, -0.15) is 0 Å². The third-order valence-electron chi connectivity index (χ3n) is 4.57. The minimum Gasteiger partial charge on any atom is -0.497 e. The van der Waals surface area contributed by atoms with Gasteiger partial charge in [-0.05, 0) is 19.1 Å². The summed E-state index contributed by atoms with van der Waals surface area (Å²) in [5.41, 5.74) is -0.509. The molecule has 0 spiro atoms. The van der Waals surface area contributed by atoms with Crippen molar-refractivity contribution in [3.63, 3.8) is 0 Å². The molecule has 1 aromatic carbocycles. The van der Waals surface area contributed by atoms with Crippen LogP contribution >= 0.6 is 0 Å². The topological polar surface area (TPSA) is 94.1 Å². The zero-order valence-electron chi connectivity index (χ0n) is 13.6. The first-order valence-electron chi connectivity index (χ1n) is 7.52. The third kappa shape index (κ3) is 2.50. The van der Waals surface area contributed by atoms with E-state index in [1.165, 1.54) is 14.2 Å². The molecule has 2 N–H and O–H groups in total. The van der Waals surface area contributed by atoms with Gasteiger partial charge in [0.1, 0.15) is 17.4 Å². The molecule has 0 unspecified atom stereocenters. The fraction of sp³-hybridized carbons (Fsp3) is 0.412. The fourth-order valence-electron chi connectivity index (χ4n) is 3.40. The molecular formula is C17H19NO6. The van der Waals surface area contributed by atoms with Crippen molar-refractivity contribution in [3.8, 4) is 11.5 Å². The maximum Gasteiger partial charge on any atom is 0.310 e. The molecule has 7 nitrogen and oxygen atoms in total. The standard InChI is InChI=1S/C17H19NO6/c1-17-7-6-12(24-17)13(16(20)21)14(17)15(19)18-10-8-9(22-2)4-5-11(10)23-3/h4-8,12-14H,1-3H3,(H,18,19)(H,20,21)/t12-,13+,14+,17-/m1/s1. The Bertz CT molecular complexity index is 715. The van der Waals surface area contributed by atoms with Crippen molar-refractivity contribution in [3.05, 3.63) is 30.4 Å². The van der Waals surface area contributed by atoms with Gasteiger partial charge in [0, 0.05) is 6.07 Å². The third-order valence-corrected chi connectivity index (χ3v) is 4.57. The molecule has 2 heterocycles. The van der Waals surface area contributed by atoms with Crippen molar-refractivity contribution in [2.24, 2.45) is 11.8 Å². The molecule has 2 aliphatic heterocycles. The number of aliphatic carboxylic acids is 1. The van der Waals surface area contributed by atoms with Gasteiger partial charge in [0.25, 0.3) is 0 Å². The van der Waals surface area contributed by atoms with E-state index in [-0.39, 0.29) is 0 Å². The van der Waals surface area contributed by atoms with E-state index in [0.717, 1.165) is 0 Å². The van der Waals surface area contributed by atoms with E-state index in [2.05, 4.69) is 5.32 Å². The van der Waals surface area contributed by atoms with Gasteiger partial charge >= 0.3 is 5.97 Å². The molecule has 1 amide bonds. The van der Waals surface area contributed by atoms with E-state index in [0.29, 0.717) is 17.2 Å². The Morgan fingerprint density at radius 2 is 2.04 bits per heavy atom. The maximum absolute atomic E-state index is 12.8. The lowest BCUT2D eigenvalue weighted by Crippen LogP contribution is -2.44. The number of hydrogen-bond donors (Lipinski definition) is 2. The lowest BCUT2D eigenvalue weighted by molar-refractivity contribution is -0.146. The highest BCUT2D eigenvalue weighted by Gasteiger charge is 2.59. The molecule has 0 aromatic heterocycles. The Balaban J connectivity index is 1.90. The Hall–Kier alpha value is -2.54. The molecule has 4 atom stereocenters. The smallest absolute Gasteiger partial charge is 0.310 e. The summed E-state index contributed by atoms with van der Waals surface area (Å²) in [6, 6.07) is 5.00. The summed E-state index contributed by atoms with van der Waals surface area (Å²) in [4.78, 5) is 24.4. The zero-order valence-corrected chi connectivity index (χ0v) is 13.6. The molecule has 24 heavy (non-hydrogen) atoms. The van der Waals surface area contributed by atoms with Crippen molar-refractivity contribution in [2.75, 3.05) is 19.5 Å². The molecule has 1 aromatic rings. The van der Waals surface area contributed by atoms with E-state index in [1.54, 1.807) is 37.3 Å². The lowest BCUT2D eigenvalue weighted by Gasteiger charge is -2.28. The van der Waals surface area contributed by atoms with Crippen LogP contribution < -0.4 is 14.8 Å². The molecular weight excluding hydrogens is 314 g/mol. The predicted octanol–water partition coefficient (Wildman–Crippen LogP) is 1.69. The number of nitrogens with one attached hydrogen (secondary N) is 1. The van der Waals surface area contributed by atoms with Gasteiger partial charge in [-0.25, -0.2) is 0 Å². The number of methoxy groups -OCH3 is 2. The van der Waals surface area contributed by atoms with Gasteiger partial charge in [0.05, 0.1) is 37.5 Å². The van der Waals surface area contributed by atoms with Crippen LogP contribution in [0.2, 0.25) is 0 Å². The Morgan fingerprint density at radius 3 is 2.67 bits per heavy atom. The van der Waals surface area contributed by atoms with Crippen molar-refractivity contribution in [1.82, 2.24) is 0 Å².